The molecule has 1 aliphatic rings. The predicted octanol–water partition coefficient (Wildman–Crippen LogP) is 1.62. The van der Waals surface area contributed by atoms with E-state index in [0.717, 1.165) is 23.9 Å². The number of benzene rings is 2. The zero-order valence-corrected chi connectivity index (χ0v) is 16.1. The van der Waals surface area contributed by atoms with Gasteiger partial charge in [0.25, 0.3) is 0 Å². The van der Waals surface area contributed by atoms with Crippen molar-refractivity contribution in [1.29, 1.82) is 0 Å². The fourth-order valence-electron chi connectivity index (χ4n) is 3.15. The molecule has 0 aromatic heterocycles. The lowest BCUT2D eigenvalue weighted by Crippen LogP contribution is -2.50. The standard InChI is InChI=1S/C19H25N3O3S/c1-3-22(15-19(23)21-12-10-20(2)11-13-21)26(24,25)18-9-8-16-6-4-5-7-17(16)14-18/h4-9,14H,3,10-13,15H2,1-2H3. The van der Waals surface area contributed by atoms with Crippen LogP contribution in [0, 0.1) is 0 Å². The normalized spacial score (nSPS) is 16.3. The third kappa shape index (κ3) is 3.90. The molecule has 0 aliphatic carbocycles. The summed E-state index contributed by atoms with van der Waals surface area (Å²) < 4.78 is 27.3. The average molecular weight is 375 g/mol. The maximum absolute atomic E-state index is 13.0. The van der Waals surface area contributed by atoms with Gasteiger partial charge < -0.3 is 9.80 Å². The van der Waals surface area contributed by atoms with Crippen molar-refractivity contribution in [2.45, 2.75) is 11.8 Å². The lowest BCUT2D eigenvalue weighted by atomic mass is 10.1. The van der Waals surface area contributed by atoms with E-state index in [4.69, 9.17) is 0 Å². The molecular weight excluding hydrogens is 350 g/mol. The Kier molecular flexibility index (Phi) is 5.60. The van der Waals surface area contributed by atoms with Crippen LogP contribution >= 0.6 is 0 Å². The first-order chi connectivity index (χ1) is 12.4. The molecule has 2 aromatic carbocycles. The summed E-state index contributed by atoms with van der Waals surface area (Å²) >= 11 is 0. The first-order valence-electron chi connectivity index (χ1n) is 8.87. The lowest BCUT2D eigenvalue weighted by molar-refractivity contribution is -0.132. The summed E-state index contributed by atoms with van der Waals surface area (Å²) in [5, 5.41) is 1.86. The van der Waals surface area contributed by atoms with Crippen molar-refractivity contribution in [3.05, 3.63) is 42.5 Å². The Morgan fingerprint density at radius 2 is 1.69 bits per heavy atom. The molecule has 3 rings (SSSR count). The number of hydrogen-bond donors (Lipinski definition) is 0. The first kappa shape index (κ1) is 18.8. The summed E-state index contributed by atoms with van der Waals surface area (Å²) in [7, 11) is -1.69. The second-order valence-corrected chi connectivity index (χ2v) is 8.56. The molecule has 0 radical (unpaired) electrons. The number of sulfonamides is 1. The second-order valence-electron chi connectivity index (χ2n) is 6.62. The maximum Gasteiger partial charge on any atom is 0.243 e. The van der Waals surface area contributed by atoms with Crippen LogP contribution in [0.2, 0.25) is 0 Å². The van der Waals surface area contributed by atoms with Crippen LogP contribution in [-0.4, -0.2) is 74.7 Å². The van der Waals surface area contributed by atoms with Gasteiger partial charge in [-0.25, -0.2) is 8.42 Å². The Bertz CT molecular complexity index is 890. The number of fused-ring (bicyclic) bond motifs is 1. The summed E-state index contributed by atoms with van der Waals surface area (Å²) in [5.74, 6) is -0.135. The summed E-state index contributed by atoms with van der Waals surface area (Å²) in [4.78, 5) is 16.7. The number of nitrogens with zero attached hydrogens (tertiary/aromatic N) is 3. The van der Waals surface area contributed by atoms with Crippen molar-refractivity contribution in [1.82, 2.24) is 14.1 Å². The van der Waals surface area contributed by atoms with Gasteiger partial charge in [-0.3, -0.25) is 4.79 Å². The number of likely N-dealkylation sites (N-methyl/N-ethyl adjacent to an activating group) is 2. The molecule has 6 nitrogen and oxygen atoms in total. The Balaban J connectivity index is 1.79. The van der Waals surface area contributed by atoms with Crippen LogP contribution in [0.1, 0.15) is 6.92 Å². The molecule has 26 heavy (non-hydrogen) atoms. The van der Waals surface area contributed by atoms with Crippen molar-refractivity contribution >= 4 is 26.7 Å². The molecule has 2 aromatic rings. The van der Waals surface area contributed by atoms with Gasteiger partial charge >= 0.3 is 0 Å². The number of carbonyl (C=O) groups excluding carboxylic acids is 1. The van der Waals surface area contributed by atoms with E-state index < -0.39 is 10.0 Å². The van der Waals surface area contributed by atoms with Crippen LogP contribution in [0.5, 0.6) is 0 Å². The smallest absolute Gasteiger partial charge is 0.243 e. The van der Waals surface area contributed by atoms with E-state index >= 15 is 0 Å². The third-order valence-electron chi connectivity index (χ3n) is 4.88. The van der Waals surface area contributed by atoms with Gasteiger partial charge in [0.15, 0.2) is 0 Å². The van der Waals surface area contributed by atoms with Gasteiger partial charge in [0.05, 0.1) is 11.4 Å². The van der Waals surface area contributed by atoms with Crippen LogP contribution in [0.4, 0.5) is 0 Å². The highest BCUT2D eigenvalue weighted by Gasteiger charge is 2.28. The fourth-order valence-corrected chi connectivity index (χ4v) is 4.58. The first-order valence-corrected chi connectivity index (χ1v) is 10.3. The van der Waals surface area contributed by atoms with Crippen molar-refractivity contribution in [3.63, 3.8) is 0 Å². The number of rotatable bonds is 5. The van der Waals surface area contributed by atoms with E-state index in [2.05, 4.69) is 4.90 Å². The van der Waals surface area contributed by atoms with Crippen molar-refractivity contribution < 1.29 is 13.2 Å². The molecule has 140 valence electrons. The van der Waals surface area contributed by atoms with Gasteiger partial charge in [0.2, 0.25) is 15.9 Å². The molecule has 0 spiro atoms. The van der Waals surface area contributed by atoms with E-state index in [1.54, 1.807) is 30.0 Å². The summed E-state index contributed by atoms with van der Waals surface area (Å²) in [5.41, 5.74) is 0. The van der Waals surface area contributed by atoms with Gasteiger partial charge in [-0.15, -0.1) is 0 Å². The van der Waals surface area contributed by atoms with Crippen molar-refractivity contribution in [2.24, 2.45) is 0 Å². The Labute approximate surface area is 155 Å². The van der Waals surface area contributed by atoms with E-state index in [0.29, 0.717) is 13.1 Å². The Morgan fingerprint density at radius 3 is 2.35 bits per heavy atom. The van der Waals surface area contributed by atoms with E-state index in [-0.39, 0.29) is 23.9 Å². The van der Waals surface area contributed by atoms with Crippen LogP contribution in [0.15, 0.2) is 47.4 Å². The quantitative estimate of drug-likeness (QED) is 0.797. The van der Waals surface area contributed by atoms with E-state index in [1.165, 1.54) is 4.31 Å². The SMILES string of the molecule is CCN(CC(=O)N1CCN(C)CC1)S(=O)(=O)c1ccc2ccccc2c1. The predicted molar refractivity (Wildman–Crippen MR) is 102 cm³/mol. The molecule has 0 unspecified atom stereocenters. The van der Waals surface area contributed by atoms with Crippen molar-refractivity contribution in [2.75, 3.05) is 46.3 Å². The molecule has 0 bridgehead atoms. The summed E-state index contributed by atoms with van der Waals surface area (Å²) in [6, 6.07) is 12.7. The molecule has 1 fully saturated rings. The van der Waals surface area contributed by atoms with Gasteiger partial charge in [-0.2, -0.15) is 4.31 Å². The van der Waals surface area contributed by atoms with Gasteiger partial charge in [0, 0.05) is 32.7 Å². The zero-order valence-electron chi connectivity index (χ0n) is 15.3. The molecule has 1 aliphatic heterocycles. The minimum absolute atomic E-state index is 0.116. The number of amides is 1. The van der Waals surface area contributed by atoms with Gasteiger partial charge in [-0.1, -0.05) is 37.3 Å². The van der Waals surface area contributed by atoms with Crippen LogP contribution in [-0.2, 0) is 14.8 Å². The van der Waals surface area contributed by atoms with Crippen LogP contribution in [0.25, 0.3) is 10.8 Å². The number of piperazine rings is 1. The molecule has 1 amide bonds. The molecule has 1 heterocycles. The molecule has 0 saturated carbocycles. The second kappa shape index (κ2) is 7.73. The summed E-state index contributed by atoms with van der Waals surface area (Å²) in [6.07, 6.45) is 0. The Morgan fingerprint density at radius 1 is 1.04 bits per heavy atom. The topological polar surface area (TPSA) is 60.9 Å². The average Bonchev–Trinajstić information content (AvgIpc) is 2.65. The molecule has 7 heteroatoms. The zero-order chi connectivity index (χ0) is 18.7. The molecular formula is C19H25N3O3S. The third-order valence-corrected chi connectivity index (χ3v) is 6.80. The number of carbonyl (C=O) groups is 1. The molecule has 0 N–H and O–H groups in total. The summed E-state index contributed by atoms with van der Waals surface area (Å²) in [6.45, 7) is 4.82. The molecule has 1 saturated heterocycles. The number of hydrogen-bond acceptors (Lipinski definition) is 4. The highest BCUT2D eigenvalue weighted by Crippen LogP contribution is 2.22. The molecule has 0 atom stereocenters. The van der Waals surface area contributed by atoms with Crippen LogP contribution in [0.3, 0.4) is 0 Å². The van der Waals surface area contributed by atoms with E-state index in [1.807, 2.05) is 31.3 Å². The van der Waals surface area contributed by atoms with Crippen molar-refractivity contribution in [3.8, 4) is 0 Å². The van der Waals surface area contributed by atoms with Gasteiger partial charge in [-0.05, 0) is 30.0 Å². The maximum atomic E-state index is 13.0. The van der Waals surface area contributed by atoms with E-state index in [9.17, 15) is 13.2 Å². The fraction of sp³-hybridized carbons (Fsp3) is 0.421. The highest BCUT2D eigenvalue weighted by atomic mass is 32.2. The van der Waals surface area contributed by atoms with Gasteiger partial charge in [0.1, 0.15) is 0 Å². The minimum atomic E-state index is -3.71. The monoisotopic (exact) mass is 375 g/mol. The Hall–Kier alpha value is -1.96. The largest absolute Gasteiger partial charge is 0.339 e. The lowest BCUT2D eigenvalue weighted by Gasteiger charge is -2.33. The highest BCUT2D eigenvalue weighted by molar-refractivity contribution is 7.89. The minimum Gasteiger partial charge on any atom is -0.339 e. The van der Waals surface area contributed by atoms with Crippen LogP contribution < -0.4 is 0 Å².